The quantitative estimate of drug-likeness (QED) is 0.0261. The van der Waals surface area contributed by atoms with Gasteiger partial charge in [0.05, 0.1) is 0 Å². The molecule has 0 aromatic rings. The highest BCUT2D eigenvalue weighted by molar-refractivity contribution is 5.71. The summed E-state index contributed by atoms with van der Waals surface area (Å²) < 4.78 is 16.9. The van der Waals surface area contributed by atoms with Crippen LogP contribution in [-0.2, 0) is 28.6 Å². The first kappa shape index (κ1) is 75.1. The molecule has 0 heterocycles. The Balaban J connectivity index is 4.08. The van der Waals surface area contributed by atoms with Gasteiger partial charge in [0.2, 0.25) is 0 Å². The summed E-state index contributed by atoms with van der Waals surface area (Å²) in [5.74, 6) is -0.856. The van der Waals surface area contributed by atoms with Crippen LogP contribution in [0, 0.1) is 0 Å². The highest BCUT2D eigenvalue weighted by Crippen LogP contribution is 2.18. The van der Waals surface area contributed by atoms with Gasteiger partial charge in [0, 0.05) is 19.3 Å². The lowest BCUT2D eigenvalue weighted by Gasteiger charge is -2.18. The molecule has 6 heteroatoms. The topological polar surface area (TPSA) is 78.9 Å². The van der Waals surface area contributed by atoms with E-state index in [1.54, 1.807) is 0 Å². The van der Waals surface area contributed by atoms with Crippen molar-refractivity contribution in [2.24, 2.45) is 0 Å². The van der Waals surface area contributed by atoms with Crippen LogP contribution in [0.4, 0.5) is 0 Å². The standard InChI is InChI=1S/C72H130O6/c1-4-7-10-13-16-19-22-25-27-28-29-30-31-32-33-34-35-36-37-38-39-40-41-42-43-44-46-47-50-53-56-59-62-65-71(74)77-68-69(67-76-70(73)64-61-58-55-52-49-24-21-18-15-12-9-6-3)78-72(75)66-63-60-57-54-51-48-45-26-23-20-17-14-11-8-5-2/h7,10,16,18-19,21,25,27,29-30,69H,4-6,8-9,11-15,17,20,22-24,26,28,31-68H2,1-3H3/b10-7-,19-16-,21-18-,27-25-,30-29-. The van der Waals surface area contributed by atoms with Crippen molar-refractivity contribution in [2.75, 3.05) is 13.2 Å². The fraction of sp³-hybridized carbons (Fsp3) is 0.819. The molecule has 454 valence electrons. The molecular formula is C72H130O6. The Hall–Kier alpha value is -2.89. The number of rotatable bonds is 63. The van der Waals surface area contributed by atoms with Crippen LogP contribution < -0.4 is 0 Å². The second-order valence-electron chi connectivity index (χ2n) is 23.1. The summed E-state index contributed by atoms with van der Waals surface area (Å²) in [5, 5.41) is 0. The third-order valence-electron chi connectivity index (χ3n) is 15.3. The van der Waals surface area contributed by atoms with Crippen molar-refractivity contribution in [1.29, 1.82) is 0 Å². The van der Waals surface area contributed by atoms with Crippen molar-refractivity contribution in [3.63, 3.8) is 0 Å². The second-order valence-corrected chi connectivity index (χ2v) is 23.1. The van der Waals surface area contributed by atoms with Gasteiger partial charge < -0.3 is 14.2 Å². The zero-order valence-corrected chi connectivity index (χ0v) is 52.2. The zero-order valence-electron chi connectivity index (χ0n) is 52.2. The molecule has 0 saturated carbocycles. The number of carbonyl (C=O) groups excluding carboxylic acids is 3. The highest BCUT2D eigenvalue weighted by Gasteiger charge is 2.19. The third kappa shape index (κ3) is 63.9. The number of ether oxygens (including phenoxy) is 3. The van der Waals surface area contributed by atoms with Gasteiger partial charge in [-0.2, -0.15) is 0 Å². The van der Waals surface area contributed by atoms with Crippen molar-refractivity contribution in [3.8, 4) is 0 Å². The summed E-state index contributed by atoms with van der Waals surface area (Å²) in [5.41, 5.74) is 0. The summed E-state index contributed by atoms with van der Waals surface area (Å²) in [7, 11) is 0. The Bertz CT molecular complexity index is 1390. The van der Waals surface area contributed by atoms with Crippen molar-refractivity contribution in [2.45, 2.75) is 367 Å². The predicted octanol–water partition coefficient (Wildman–Crippen LogP) is 23.5. The number of allylic oxidation sites excluding steroid dienone is 10. The van der Waals surface area contributed by atoms with E-state index < -0.39 is 6.10 Å². The zero-order chi connectivity index (χ0) is 56.4. The van der Waals surface area contributed by atoms with Gasteiger partial charge in [-0.1, -0.05) is 319 Å². The van der Waals surface area contributed by atoms with Gasteiger partial charge in [-0.25, -0.2) is 0 Å². The molecule has 1 unspecified atom stereocenters. The lowest BCUT2D eigenvalue weighted by molar-refractivity contribution is -0.167. The second kappa shape index (κ2) is 66.6. The van der Waals surface area contributed by atoms with Crippen LogP contribution >= 0.6 is 0 Å². The van der Waals surface area contributed by atoms with Gasteiger partial charge in [0.1, 0.15) is 13.2 Å². The molecule has 6 nitrogen and oxygen atoms in total. The van der Waals surface area contributed by atoms with Gasteiger partial charge in [0.25, 0.3) is 0 Å². The molecule has 0 aliphatic carbocycles. The smallest absolute Gasteiger partial charge is 0.306 e. The van der Waals surface area contributed by atoms with Crippen molar-refractivity contribution >= 4 is 17.9 Å². The van der Waals surface area contributed by atoms with E-state index in [4.69, 9.17) is 14.2 Å². The van der Waals surface area contributed by atoms with E-state index in [0.29, 0.717) is 19.3 Å². The van der Waals surface area contributed by atoms with Crippen LogP contribution in [0.1, 0.15) is 361 Å². The molecule has 0 N–H and O–H groups in total. The molecule has 0 saturated heterocycles. The summed E-state index contributed by atoms with van der Waals surface area (Å²) in [6.45, 7) is 6.55. The predicted molar refractivity (Wildman–Crippen MR) is 339 cm³/mol. The number of esters is 3. The summed E-state index contributed by atoms with van der Waals surface area (Å²) in [6, 6.07) is 0. The molecule has 0 fully saturated rings. The molecule has 0 bridgehead atoms. The van der Waals surface area contributed by atoms with E-state index in [0.717, 1.165) is 89.9 Å². The molecule has 1 atom stereocenters. The first-order valence-electron chi connectivity index (χ1n) is 34.3. The van der Waals surface area contributed by atoms with Gasteiger partial charge >= 0.3 is 17.9 Å². The van der Waals surface area contributed by atoms with Crippen LogP contribution in [0.25, 0.3) is 0 Å². The Morgan fingerprint density at radius 3 is 0.821 bits per heavy atom. The maximum Gasteiger partial charge on any atom is 0.306 e. The fourth-order valence-electron chi connectivity index (χ4n) is 10.1. The Labute approximate surface area is 485 Å². The van der Waals surface area contributed by atoms with Crippen LogP contribution in [-0.4, -0.2) is 37.2 Å². The van der Waals surface area contributed by atoms with E-state index in [9.17, 15) is 14.4 Å². The molecule has 0 spiro atoms. The van der Waals surface area contributed by atoms with E-state index in [-0.39, 0.29) is 31.1 Å². The number of hydrogen-bond donors (Lipinski definition) is 0. The molecule has 0 rings (SSSR count). The summed E-state index contributed by atoms with van der Waals surface area (Å²) >= 11 is 0. The third-order valence-corrected chi connectivity index (χ3v) is 15.3. The van der Waals surface area contributed by atoms with Crippen LogP contribution in [0.2, 0.25) is 0 Å². The van der Waals surface area contributed by atoms with Crippen LogP contribution in [0.15, 0.2) is 60.8 Å². The largest absolute Gasteiger partial charge is 0.462 e. The lowest BCUT2D eigenvalue weighted by Crippen LogP contribution is -2.30. The Kier molecular flexibility index (Phi) is 64.2. The van der Waals surface area contributed by atoms with Crippen LogP contribution in [0.3, 0.4) is 0 Å². The van der Waals surface area contributed by atoms with Crippen molar-refractivity contribution in [3.05, 3.63) is 60.8 Å². The van der Waals surface area contributed by atoms with Crippen LogP contribution in [0.5, 0.6) is 0 Å². The summed E-state index contributed by atoms with van der Waals surface area (Å²) in [4.78, 5) is 38.3. The minimum atomic E-state index is -0.773. The fourth-order valence-corrected chi connectivity index (χ4v) is 10.1. The maximum absolute atomic E-state index is 12.9. The molecule has 0 aromatic carbocycles. The summed E-state index contributed by atoms with van der Waals surface area (Å²) in [6.07, 6.45) is 85.4. The van der Waals surface area contributed by atoms with Crippen molar-refractivity contribution in [1.82, 2.24) is 0 Å². The first-order chi connectivity index (χ1) is 38.5. The molecule has 0 aromatic heterocycles. The molecule has 78 heavy (non-hydrogen) atoms. The SMILES string of the molecule is CC/C=C\C/C=C\C/C=C\C/C=C\CCCCCCCCCCCCCCCCCCCCCCC(=O)OCC(COC(=O)CCCCCCC/C=C\CCCCC)OC(=O)CCCCCCCCCCCCCCCCC. The maximum atomic E-state index is 12.9. The minimum absolute atomic E-state index is 0.0704. The van der Waals surface area contributed by atoms with E-state index in [1.165, 1.54) is 231 Å². The monoisotopic (exact) mass is 1090 g/mol. The van der Waals surface area contributed by atoms with E-state index in [1.807, 2.05) is 0 Å². The lowest BCUT2D eigenvalue weighted by atomic mass is 10.0. The molecule has 0 amide bonds. The number of carbonyl (C=O) groups is 3. The minimum Gasteiger partial charge on any atom is -0.462 e. The highest BCUT2D eigenvalue weighted by atomic mass is 16.6. The van der Waals surface area contributed by atoms with E-state index >= 15 is 0 Å². The Morgan fingerprint density at radius 2 is 0.500 bits per heavy atom. The van der Waals surface area contributed by atoms with Gasteiger partial charge in [-0.05, 0) is 83.5 Å². The van der Waals surface area contributed by atoms with E-state index in [2.05, 4.69) is 81.5 Å². The molecular weight excluding hydrogens is 961 g/mol. The average molecular weight is 1090 g/mol. The Morgan fingerprint density at radius 1 is 0.269 bits per heavy atom. The van der Waals surface area contributed by atoms with Gasteiger partial charge in [0.15, 0.2) is 6.10 Å². The normalized spacial score (nSPS) is 12.4. The molecule has 0 aliphatic rings. The number of unbranched alkanes of at least 4 members (excludes halogenated alkanes) is 42. The average Bonchev–Trinajstić information content (AvgIpc) is 3.44. The molecule has 0 radical (unpaired) electrons. The van der Waals surface area contributed by atoms with Gasteiger partial charge in [-0.3, -0.25) is 14.4 Å². The van der Waals surface area contributed by atoms with Gasteiger partial charge in [-0.15, -0.1) is 0 Å². The molecule has 0 aliphatic heterocycles. The first-order valence-corrected chi connectivity index (χ1v) is 34.3. The number of hydrogen-bond acceptors (Lipinski definition) is 6. The van der Waals surface area contributed by atoms with Crippen molar-refractivity contribution < 1.29 is 28.6 Å².